The molecule has 0 atom stereocenters. The van der Waals surface area contributed by atoms with Crippen molar-refractivity contribution < 1.29 is 9.13 Å². The van der Waals surface area contributed by atoms with Crippen molar-refractivity contribution in [3.8, 4) is 11.5 Å². The van der Waals surface area contributed by atoms with Gasteiger partial charge in [-0.2, -0.15) is 0 Å². The van der Waals surface area contributed by atoms with E-state index in [1.165, 1.54) is 12.1 Å². The zero-order chi connectivity index (χ0) is 12.3. The quantitative estimate of drug-likeness (QED) is 0.800. The van der Waals surface area contributed by atoms with Crippen LogP contribution in [0.4, 0.5) is 15.9 Å². The highest BCUT2D eigenvalue weighted by atomic mass is 19.1. The van der Waals surface area contributed by atoms with Gasteiger partial charge in [0.05, 0.1) is 5.69 Å². The van der Waals surface area contributed by atoms with Gasteiger partial charge in [0.25, 0.3) is 0 Å². The fourth-order valence-corrected chi connectivity index (χ4v) is 1.32. The molecule has 1 aromatic carbocycles. The van der Waals surface area contributed by atoms with Gasteiger partial charge in [-0.3, -0.25) is 0 Å². The van der Waals surface area contributed by atoms with Crippen molar-refractivity contribution in [2.24, 2.45) is 0 Å². The third-order valence-electron chi connectivity index (χ3n) is 2.20. The number of hydrogen-bond acceptors (Lipinski definition) is 4. The Kier molecular flexibility index (Phi) is 3.09. The van der Waals surface area contributed by atoms with Gasteiger partial charge in [-0.15, -0.1) is 0 Å². The Hall–Kier alpha value is -2.30. The summed E-state index contributed by atoms with van der Waals surface area (Å²) in [6.07, 6.45) is 1.61. The van der Waals surface area contributed by atoms with Gasteiger partial charge in [-0.05, 0) is 18.2 Å². The molecule has 0 bridgehead atoms. The highest BCUT2D eigenvalue weighted by Gasteiger charge is 2.03. The molecule has 0 fully saturated rings. The third-order valence-corrected chi connectivity index (χ3v) is 2.20. The van der Waals surface area contributed by atoms with Crippen LogP contribution in [0.25, 0.3) is 0 Å². The lowest BCUT2D eigenvalue weighted by Crippen LogP contribution is -1.94. The van der Waals surface area contributed by atoms with Crippen molar-refractivity contribution >= 4 is 11.5 Å². The molecule has 88 valence electrons. The van der Waals surface area contributed by atoms with E-state index in [1.54, 1.807) is 31.4 Å². The van der Waals surface area contributed by atoms with E-state index in [9.17, 15) is 4.39 Å². The molecule has 2 aromatic rings. The number of ether oxygens (including phenoxy) is 1. The highest BCUT2D eigenvalue weighted by molar-refractivity contribution is 5.46. The number of pyridine rings is 1. The Balaban J connectivity index is 2.22. The first-order valence-electron chi connectivity index (χ1n) is 5.06. The second-order valence-electron chi connectivity index (χ2n) is 3.41. The number of nitrogens with one attached hydrogen (secondary N) is 1. The maximum Gasteiger partial charge on any atom is 0.149 e. The van der Waals surface area contributed by atoms with E-state index in [0.717, 1.165) is 0 Å². The topological polar surface area (TPSA) is 60.2 Å². The molecule has 3 N–H and O–H groups in total. The summed E-state index contributed by atoms with van der Waals surface area (Å²) in [6, 6.07) is 7.72. The maximum atomic E-state index is 13.2. The van der Waals surface area contributed by atoms with E-state index >= 15 is 0 Å². The molecule has 2 rings (SSSR count). The minimum absolute atomic E-state index is 0.1000. The fourth-order valence-electron chi connectivity index (χ4n) is 1.32. The number of nitrogens with two attached hydrogens (primary N) is 1. The largest absolute Gasteiger partial charge is 0.457 e. The van der Waals surface area contributed by atoms with Crippen LogP contribution >= 0.6 is 0 Å². The Labute approximate surface area is 98.2 Å². The predicted octanol–water partition coefficient (Wildman–Crippen LogP) is 2.64. The van der Waals surface area contributed by atoms with Crippen molar-refractivity contribution in [1.82, 2.24) is 4.98 Å². The van der Waals surface area contributed by atoms with Crippen LogP contribution in [0, 0.1) is 5.82 Å². The lowest BCUT2D eigenvalue weighted by Gasteiger charge is -2.07. The van der Waals surface area contributed by atoms with Gasteiger partial charge in [0, 0.05) is 25.4 Å². The lowest BCUT2D eigenvalue weighted by atomic mass is 10.3. The molecule has 1 heterocycles. The number of rotatable bonds is 3. The molecular weight excluding hydrogens is 221 g/mol. The number of anilines is 2. The minimum atomic E-state index is -0.495. The number of nitrogen functional groups attached to an aromatic ring is 1. The van der Waals surface area contributed by atoms with Gasteiger partial charge in [-0.1, -0.05) is 0 Å². The number of halogens is 1. The predicted molar refractivity (Wildman–Crippen MR) is 64.7 cm³/mol. The Morgan fingerprint density at radius 1 is 1.24 bits per heavy atom. The molecule has 0 spiro atoms. The van der Waals surface area contributed by atoms with E-state index in [0.29, 0.717) is 17.3 Å². The van der Waals surface area contributed by atoms with E-state index in [-0.39, 0.29) is 5.69 Å². The van der Waals surface area contributed by atoms with Crippen LogP contribution in [0.2, 0.25) is 0 Å². The molecular formula is C12H12FN3O. The molecule has 0 aliphatic carbocycles. The van der Waals surface area contributed by atoms with Crippen molar-refractivity contribution in [2.75, 3.05) is 18.1 Å². The minimum Gasteiger partial charge on any atom is -0.457 e. The Bertz CT molecular complexity index is 531. The molecule has 0 saturated heterocycles. The first-order valence-corrected chi connectivity index (χ1v) is 5.06. The maximum absolute atomic E-state index is 13.2. The van der Waals surface area contributed by atoms with E-state index in [4.69, 9.17) is 10.5 Å². The van der Waals surface area contributed by atoms with Crippen LogP contribution in [-0.4, -0.2) is 12.0 Å². The van der Waals surface area contributed by atoms with Gasteiger partial charge >= 0.3 is 0 Å². The second-order valence-corrected chi connectivity index (χ2v) is 3.41. The van der Waals surface area contributed by atoms with Gasteiger partial charge in [0.15, 0.2) is 0 Å². The molecule has 0 saturated carbocycles. The molecule has 5 heteroatoms. The summed E-state index contributed by atoms with van der Waals surface area (Å²) in [4.78, 5) is 4.05. The molecule has 0 aliphatic rings. The SMILES string of the molecule is CNc1cc(Oc2ccc(N)c(F)c2)ccn1. The molecule has 1 aromatic heterocycles. The van der Waals surface area contributed by atoms with Gasteiger partial charge in [-0.25, -0.2) is 9.37 Å². The molecule has 0 aliphatic heterocycles. The zero-order valence-electron chi connectivity index (χ0n) is 9.27. The van der Waals surface area contributed by atoms with Crippen LogP contribution in [0.5, 0.6) is 11.5 Å². The van der Waals surface area contributed by atoms with Crippen molar-refractivity contribution in [3.63, 3.8) is 0 Å². The molecule has 17 heavy (non-hydrogen) atoms. The highest BCUT2D eigenvalue weighted by Crippen LogP contribution is 2.25. The van der Waals surface area contributed by atoms with Crippen LogP contribution in [-0.2, 0) is 0 Å². The first-order chi connectivity index (χ1) is 8.19. The summed E-state index contributed by atoms with van der Waals surface area (Å²) >= 11 is 0. The number of nitrogens with zero attached hydrogens (tertiary/aromatic N) is 1. The van der Waals surface area contributed by atoms with Gasteiger partial charge in [0.1, 0.15) is 23.1 Å². The van der Waals surface area contributed by atoms with E-state index in [2.05, 4.69) is 10.3 Å². The Morgan fingerprint density at radius 3 is 2.71 bits per heavy atom. The molecule has 0 unspecified atom stereocenters. The zero-order valence-corrected chi connectivity index (χ0v) is 9.27. The number of hydrogen-bond donors (Lipinski definition) is 2. The normalized spacial score (nSPS) is 10.0. The summed E-state index contributed by atoms with van der Waals surface area (Å²) in [6.45, 7) is 0. The standard InChI is InChI=1S/C12H12FN3O/c1-15-12-7-9(4-5-16-12)17-8-2-3-11(14)10(13)6-8/h2-7H,14H2,1H3,(H,15,16). The third kappa shape index (κ3) is 2.63. The average molecular weight is 233 g/mol. The monoisotopic (exact) mass is 233 g/mol. The fraction of sp³-hybridized carbons (Fsp3) is 0.0833. The van der Waals surface area contributed by atoms with Crippen molar-refractivity contribution in [1.29, 1.82) is 0 Å². The molecule has 0 radical (unpaired) electrons. The number of aromatic nitrogens is 1. The van der Waals surface area contributed by atoms with Gasteiger partial charge in [0.2, 0.25) is 0 Å². The Morgan fingerprint density at radius 2 is 2.00 bits per heavy atom. The molecule has 0 amide bonds. The average Bonchev–Trinajstić information content (AvgIpc) is 2.34. The summed E-state index contributed by atoms with van der Waals surface area (Å²) in [5, 5.41) is 2.89. The van der Waals surface area contributed by atoms with E-state index < -0.39 is 5.82 Å². The van der Waals surface area contributed by atoms with Crippen molar-refractivity contribution in [2.45, 2.75) is 0 Å². The smallest absolute Gasteiger partial charge is 0.149 e. The molecule has 4 nitrogen and oxygen atoms in total. The van der Waals surface area contributed by atoms with Crippen LogP contribution < -0.4 is 15.8 Å². The number of benzene rings is 1. The van der Waals surface area contributed by atoms with E-state index in [1.807, 2.05) is 0 Å². The van der Waals surface area contributed by atoms with Gasteiger partial charge < -0.3 is 15.8 Å². The summed E-state index contributed by atoms with van der Waals surface area (Å²) in [7, 11) is 1.76. The summed E-state index contributed by atoms with van der Waals surface area (Å²) in [5.74, 6) is 1.15. The van der Waals surface area contributed by atoms with Crippen LogP contribution in [0.15, 0.2) is 36.5 Å². The summed E-state index contributed by atoms with van der Waals surface area (Å²) in [5.41, 5.74) is 5.48. The van der Waals surface area contributed by atoms with Crippen LogP contribution in [0.1, 0.15) is 0 Å². The lowest BCUT2D eigenvalue weighted by molar-refractivity contribution is 0.477. The second kappa shape index (κ2) is 4.69. The van der Waals surface area contributed by atoms with Crippen LogP contribution in [0.3, 0.4) is 0 Å². The van der Waals surface area contributed by atoms with Crippen molar-refractivity contribution in [3.05, 3.63) is 42.3 Å². The first kappa shape index (κ1) is 11.2. The summed E-state index contributed by atoms with van der Waals surface area (Å²) < 4.78 is 18.7.